The number of nitrogens with two attached hydrogens (primary N) is 1. The molecule has 0 aliphatic rings. The molecule has 4 nitrogen and oxygen atoms in total. The number of hydrogen-bond acceptors (Lipinski definition) is 3. The Morgan fingerprint density at radius 1 is 1.56 bits per heavy atom. The van der Waals surface area contributed by atoms with Crippen molar-refractivity contribution in [2.24, 2.45) is 5.73 Å². The first kappa shape index (κ1) is 14.2. The van der Waals surface area contributed by atoms with Crippen LogP contribution in [-0.4, -0.2) is 11.9 Å². The molecule has 0 fully saturated rings. The molecule has 0 heterocycles. The second-order valence-corrected chi connectivity index (χ2v) is 4.41. The molecule has 0 aliphatic carbocycles. The fourth-order valence-electron chi connectivity index (χ4n) is 1.83. The maximum absolute atomic E-state index is 11.8. The van der Waals surface area contributed by atoms with E-state index in [1.807, 2.05) is 26.0 Å². The monoisotopic (exact) mass is 245 g/mol. The summed E-state index contributed by atoms with van der Waals surface area (Å²) in [5.74, 6) is -0.141. The molecule has 0 radical (unpaired) electrons. The number of anilines is 1. The molecule has 1 unspecified atom stereocenters. The number of nitrogens with one attached hydrogen (secondary N) is 1. The molecule has 1 atom stereocenters. The molecule has 3 N–H and O–H groups in total. The highest BCUT2D eigenvalue weighted by atomic mass is 16.1. The van der Waals surface area contributed by atoms with Gasteiger partial charge in [0.15, 0.2) is 0 Å². The molecule has 1 aromatic rings. The zero-order valence-corrected chi connectivity index (χ0v) is 10.9. The van der Waals surface area contributed by atoms with Crippen LogP contribution in [0.3, 0.4) is 0 Å². The Bertz CT molecular complexity index is 463. The summed E-state index contributed by atoms with van der Waals surface area (Å²) in [6, 6.07) is 7.37. The van der Waals surface area contributed by atoms with Gasteiger partial charge in [0.2, 0.25) is 5.91 Å². The predicted molar refractivity (Wildman–Crippen MR) is 72.0 cm³/mol. The first-order valence-electron chi connectivity index (χ1n) is 6.13. The standard InChI is InChI=1S/C14H19N3O/c1-3-5-11(16)8-14(18)17-13-7-4-6-10(2)12(13)9-15/h4,6-7,11H,3,5,8,16H2,1-2H3,(H,17,18). The summed E-state index contributed by atoms with van der Waals surface area (Å²) in [4.78, 5) is 11.8. The number of amides is 1. The van der Waals surface area contributed by atoms with E-state index in [0.29, 0.717) is 11.3 Å². The largest absolute Gasteiger partial charge is 0.327 e. The Morgan fingerprint density at radius 2 is 2.28 bits per heavy atom. The number of aryl methyl sites for hydroxylation is 1. The molecule has 4 heteroatoms. The Labute approximate surface area is 108 Å². The quantitative estimate of drug-likeness (QED) is 0.835. The van der Waals surface area contributed by atoms with Crippen LogP contribution in [0.25, 0.3) is 0 Å². The summed E-state index contributed by atoms with van der Waals surface area (Å²) < 4.78 is 0. The normalized spacial score (nSPS) is 11.7. The van der Waals surface area contributed by atoms with Crippen LogP contribution in [0.15, 0.2) is 18.2 Å². The molecular formula is C14H19N3O. The molecule has 1 aromatic carbocycles. The van der Waals surface area contributed by atoms with Crippen LogP contribution in [0.5, 0.6) is 0 Å². The predicted octanol–water partition coefficient (Wildman–Crippen LogP) is 2.32. The van der Waals surface area contributed by atoms with Gasteiger partial charge in [-0.15, -0.1) is 0 Å². The maximum Gasteiger partial charge on any atom is 0.225 e. The molecule has 0 aromatic heterocycles. The van der Waals surface area contributed by atoms with Gasteiger partial charge in [-0.3, -0.25) is 4.79 Å². The van der Waals surface area contributed by atoms with Crippen LogP contribution >= 0.6 is 0 Å². The molecule has 18 heavy (non-hydrogen) atoms. The van der Waals surface area contributed by atoms with Crippen molar-refractivity contribution in [1.29, 1.82) is 5.26 Å². The average Bonchev–Trinajstić information content (AvgIpc) is 2.29. The molecular weight excluding hydrogens is 226 g/mol. The lowest BCUT2D eigenvalue weighted by Crippen LogP contribution is -2.27. The van der Waals surface area contributed by atoms with Crippen molar-refractivity contribution in [3.8, 4) is 6.07 Å². The van der Waals surface area contributed by atoms with Crippen molar-refractivity contribution in [3.63, 3.8) is 0 Å². The lowest BCUT2D eigenvalue weighted by molar-refractivity contribution is -0.116. The maximum atomic E-state index is 11.8. The molecule has 96 valence electrons. The second-order valence-electron chi connectivity index (χ2n) is 4.41. The van der Waals surface area contributed by atoms with E-state index in [-0.39, 0.29) is 18.4 Å². The van der Waals surface area contributed by atoms with Gasteiger partial charge in [0.1, 0.15) is 6.07 Å². The number of hydrogen-bond donors (Lipinski definition) is 2. The van der Waals surface area contributed by atoms with Crippen molar-refractivity contribution in [2.45, 2.75) is 39.2 Å². The van der Waals surface area contributed by atoms with Gasteiger partial charge in [0.25, 0.3) is 0 Å². The summed E-state index contributed by atoms with van der Waals surface area (Å²) in [6.45, 7) is 3.88. The van der Waals surface area contributed by atoms with E-state index in [2.05, 4.69) is 11.4 Å². The van der Waals surface area contributed by atoms with Gasteiger partial charge in [-0.05, 0) is 25.0 Å². The molecule has 0 saturated carbocycles. The first-order valence-corrected chi connectivity index (χ1v) is 6.13. The number of carbonyl (C=O) groups is 1. The summed E-state index contributed by atoms with van der Waals surface area (Å²) in [5.41, 5.74) is 7.74. The minimum absolute atomic E-state index is 0.120. The smallest absolute Gasteiger partial charge is 0.225 e. The van der Waals surface area contributed by atoms with Crippen molar-refractivity contribution in [2.75, 3.05) is 5.32 Å². The third-order valence-electron chi connectivity index (χ3n) is 2.77. The highest BCUT2D eigenvalue weighted by molar-refractivity contribution is 5.92. The number of nitriles is 1. The van der Waals surface area contributed by atoms with Gasteiger partial charge in [-0.25, -0.2) is 0 Å². The zero-order chi connectivity index (χ0) is 13.5. The molecule has 1 rings (SSSR count). The summed E-state index contributed by atoms with van der Waals surface area (Å²) in [6.07, 6.45) is 2.07. The Kier molecular flexibility index (Phi) is 5.34. The highest BCUT2D eigenvalue weighted by Crippen LogP contribution is 2.18. The van der Waals surface area contributed by atoms with E-state index in [4.69, 9.17) is 11.0 Å². The van der Waals surface area contributed by atoms with Crippen molar-refractivity contribution in [3.05, 3.63) is 29.3 Å². The van der Waals surface area contributed by atoms with Crippen molar-refractivity contribution < 1.29 is 4.79 Å². The van der Waals surface area contributed by atoms with Gasteiger partial charge < -0.3 is 11.1 Å². The number of nitrogens with zero attached hydrogens (tertiary/aromatic N) is 1. The second kappa shape index (κ2) is 6.77. The SMILES string of the molecule is CCCC(N)CC(=O)Nc1cccc(C)c1C#N. The van der Waals surface area contributed by atoms with E-state index in [9.17, 15) is 4.79 Å². The summed E-state index contributed by atoms with van der Waals surface area (Å²) in [5, 5.41) is 11.8. The fraction of sp³-hybridized carbons (Fsp3) is 0.429. The van der Waals surface area contributed by atoms with Crippen LogP contribution < -0.4 is 11.1 Å². The summed E-state index contributed by atoms with van der Waals surface area (Å²) >= 11 is 0. The first-order chi connectivity index (χ1) is 8.58. The highest BCUT2D eigenvalue weighted by Gasteiger charge is 2.11. The summed E-state index contributed by atoms with van der Waals surface area (Å²) in [7, 11) is 0. The third-order valence-corrected chi connectivity index (χ3v) is 2.77. The van der Waals surface area contributed by atoms with E-state index >= 15 is 0 Å². The molecule has 1 amide bonds. The Hall–Kier alpha value is -1.86. The molecule has 0 aliphatic heterocycles. The van der Waals surface area contributed by atoms with Gasteiger partial charge in [-0.1, -0.05) is 25.5 Å². The van der Waals surface area contributed by atoms with Crippen LogP contribution in [-0.2, 0) is 4.79 Å². The van der Waals surface area contributed by atoms with Crippen LogP contribution in [0.4, 0.5) is 5.69 Å². The van der Waals surface area contributed by atoms with Gasteiger partial charge >= 0.3 is 0 Å². The van der Waals surface area contributed by atoms with Gasteiger partial charge in [-0.2, -0.15) is 5.26 Å². The average molecular weight is 245 g/mol. The third kappa shape index (κ3) is 3.86. The van der Waals surface area contributed by atoms with Gasteiger partial charge in [0.05, 0.1) is 11.3 Å². The molecule has 0 bridgehead atoms. The van der Waals surface area contributed by atoms with Gasteiger partial charge in [0, 0.05) is 12.5 Å². The van der Waals surface area contributed by atoms with E-state index < -0.39 is 0 Å². The minimum atomic E-state index is -0.141. The fourth-order valence-corrected chi connectivity index (χ4v) is 1.83. The van der Waals surface area contributed by atoms with Crippen LogP contribution in [0, 0.1) is 18.3 Å². The van der Waals surface area contributed by atoms with E-state index in [1.165, 1.54) is 0 Å². The topological polar surface area (TPSA) is 78.9 Å². The number of carbonyl (C=O) groups excluding carboxylic acids is 1. The lowest BCUT2D eigenvalue weighted by atomic mass is 10.1. The van der Waals surface area contributed by atoms with Crippen LogP contribution in [0.2, 0.25) is 0 Å². The minimum Gasteiger partial charge on any atom is -0.327 e. The van der Waals surface area contributed by atoms with Crippen molar-refractivity contribution >= 4 is 11.6 Å². The number of rotatable bonds is 5. The Morgan fingerprint density at radius 3 is 2.89 bits per heavy atom. The van der Waals surface area contributed by atoms with E-state index in [1.54, 1.807) is 6.07 Å². The molecule has 0 saturated heterocycles. The van der Waals surface area contributed by atoms with E-state index in [0.717, 1.165) is 18.4 Å². The lowest BCUT2D eigenvalue weighted by Gasteiger charge is -2.12. The Balaban J connectivity index is 2.71. The van der Waals surface area contributed by atoms with Crippen LogP contribution in [0.1, 0.15) is 37.3 Å². The zero-order valence-electron chi connectivity index (χ0n) is 10.9. The number of benzene rings is 1. The molecule has 0 spiro atoms. The van der Waals surface area contributed by atoms with Crippen molar-refractivity contribution in [1.82, 2.24) is 0 Å².